The third-order valence-electron chi connectivity index (χ3n) is 4.59. The van der Waals surface area contributed by atoms with Crippen LogP contribution in [0.3, 0.4) is 0 Å². The minimum atomic E-state index is -3.89. The molecule has 0 amide bonds. The first-order chi connectivity index (χ1) is 10.3. The summed E-state index contributed by atoms with van der Waals surface area (Å²) in [5, 5.41) is 10.1. The average molecular weight is 331 g/mol. The standard InChI is InChI=1S/C15H19F2NO3S/c16-15(17)7-3-5-11(15)9-22(20,21)18-14-12-6-2-1-4-10(12)8-13(14)19/h1-2,4,6,11,13-14,18-19H,3,5,7-9H2/t11?,13-,14+/m1/s1. The van der Waals surface area contributed by atoms with E-state index in [1.807, 2.05) is 12.1 Å². The number of alkyl halides is 2. The van der Waals surface area contributed by atoms with Crippen LogP contribution in [0.1, 0.15) is 36.4 Å². The zero-order valence-corrected chi connectivity index (χ0v) is 12.8. The predicted molar refractivity (Wildman–Crippen MR) is 78.1 cm³/mol. The van der Waals surface area contributed by atoms with Gasteiger partial charge in [0.2, 0.25) is 10.0 Å². The van der Waals surface area contributed by atoms with E-state index in [1.54, 1.807) is 12.1 Å². The van der Waals surface area contributed by atoms with Crippen LogP contribution in [0.2, 0.25) is 0 Å². The van der Waals surface area contributed by atoms with E-state index in [1.165, 1.54) is 0 Å². The van der Waals surface area contributed by atoms with Gasteiger partial charge in [0.15, 0.2) is 0 Å². The van der Waals surface area contributed by atoms with Crippen LogP contribution >= 0.6 is 0 Å². The molecule has 1 fully saturated rings. The van der Waals surface area contributed by atoms with Crippen molar-refractivity contribution in [3.8, 4) is 0 Å². The number of benzene rings is 1. The molecule has 0 radical (unpaired) electrons. The normalized spacial score (nSPS) is 30.4. The third-order valence-corrected chi connectivity index (χ3v) is 6.05. The minimum Gasteiger partial charge on any atom is -0.391 e. The van der Waals surface area contributed by atoms with Gasteiger partial charge >= 0.3 is 0 Å². The molecule has 1 unspecified atom stereocenters. The second-order valence-electron chi connectivity index (χ2n) is 6.20. The largest absolute Gasteiger partial charge is 0.391 e. The summed E-state index contributed by atoms with van der Waals surface area (Å²) in [4.78, 5) is 0. The predicted octanol–water partition coefficient (Wildman–Crippen LogP) is 2.00. The molecule has 0 aromatic heterocycles. The number of sulfonamides is 1. The van der Waals surface area contributed by atoms with E-state index < -0.39 is 39.8 Å². The molecule has 2 N–H and O–H groups in total. The molecule has 0 heterocycles. The number of fused-ring (bicyclic) bond motifs is 1. The lowest BCUT2D eigenvalue weighted by Gasteiger charge is -2.22. The summed E-state index contributed by atoms with van der Waals surface area (Å²) in [7, 11) is -3.89. The monoisotopic (exact) mass is 331 g/mol. The Kier molecular flexibility index (Phi) is 3.99. The summed E-state index contributed by atoms with van der Waals surface area (Å²) in [6.45, 7) is 0. The summed E-state index contributed by atoms with van der Waals surface area (Å²) in [6, 6.07) is 6.42. The van der Waals surface area contributed by atoms with E-state index in [4.69, 9.17) is 0 Å². The van der Waals surface area contributed by atoms with Gasteiger partial charge in [0.25, 0.3) is 5.92 Å². The fourth-order valence-electron chi connectivity index (χ4n) is 3.43. The molecule has 1 saturated carbocycles. The highest BCUT2D eigenvalue weighted by Crippen LogP contribution is 2.41. The van der Waals surface area contributed by atoms with Gasteiger partial charge in [-0.25, -0.2) is 21.9 Å². The summed E-state index contributed by atoms with van der Waals surface area (Å²) in [6.07, 6.45) is -0.179. The molecule has 1 aromatic carbocycles. The summed E-state index contributed by atoms with van der Waals surface area (Å²) in [5.41, 5.74) is 1.60. The molecule has 3 atom stereocenters. The Balaban J connectivity index is 1.75. The zero-order valence-electron chi connectivity index (χ0n) is 12.0. The number of hydrogen-bond acceptors (Lipinski definition) is 3. The van der Waals surface area contributed by atoms with Crippen molar-refractivity contribution in [3.63, 3.8) is 0 Å². The fourth-order valence-corrected chi connectivity index (χ4v) is 5.13. The van der Waals surface area contributed by atoms with Crippen molar-refractivity contribution in [3.05, 3.63) is 35.4 Å². The Hall–Kier alpha value is -1.05. The van der Waals surface area contributed by atoms with Crippen molar-refractivity contribution in [1.82, 2.24) is 4.72 Å². The molecular weight excluding hydrogens is 312 g/mol. The highest BCUT2D eigenvalue weighted by atomic mass is 32.2. The third kappa shape index (κ3) is 3.02. The average Bonchev–Trinajstić information content (AvgIpc) is 2.90. The minimum absolute atomic E-state index is 0.220. The van der Waals surface area contributed by atoms with Crippen LogP contribution in [-0.2, 0) is 16.4 Å². The van der Waals surface area contributed by atoms with Crippen LogP contribution in [0.4, 0.5) is 8.78 Å². The number of aliphatic hydroxyl groups is 1. The van der Waals surface area contributed by atoms with Gasteiger partial charge in [-0.3, -0.25) is 0 Å². The summed E-state index contributed by atoms with van der Waals surface area (Å²) in [5.74, 6) is -4.65. The Labute approximate surface area is 128 Å². The summed E-state index contributed by atoms with van der Waals surface area (Å²) >= 11 is 0. The molecular formula is C15H19F2NO3S. The Bertz CT molecular complexity index is 663. The van der Waals surface area contributed by atoms with Crippen molar-refractivity contribution in [2.45, 2.75) is 43.8 Å². The second kappa shape index (κ2) is 5.54. The van der Waals surface area contributed by atoms with Crippen LogP contribution in [0, 0.1) is 5.92 Å². The summed E-state index contributed by atoms with van der Waals surface area (Å²) < 4.78 is 54.1. The van der Waals surface area contributed by atoms with Gasteiger partial charge in [0.1, 0.15) is 0 Å². The SMILES string of the molecule is O=S(=O)(CC1CCCC1(F)F)N[C@H]1c2ccccc2C[C@H]1O. The van der Waals surface area contributed by atoms with Crippen molar-refractivity contribution in [1.29, 1.82) is 0 Å². The van der Waals surface area contributed by atoms with E-state index in [9.17, 15) is 22.3 Å². The number of halogens is 2. The van der Waals surface area contributed by atoms with Crippen molar-refractivity contribution in [2.75, 3.05) is 5.75 Å². The van der Waals surface area contributed by atoms with Crippen LogP contribution in [0.15, 0.2) is 24.3 Å². The zero-order chi connectivity index (χ0) is 16.0. The van der Waals surface area contributed by atoms with Crippen molar-refractivity contribution < 1.29 is 22.3 Å². The Morgan fingerprint density at radius 3 is 2.73 bits per heavy atom. The molecule has 2 aliphatic rings. The van der Waals surface area contributed by atoms with Crippen molar-refractivity contribution in [2.24, 2.45) is 5.92 Å². The molecule has 3 rings (SSSR count). The highest BCUT2D eigenvalue weighted by molar-refractivity contribution is 7.89. The highest BCUT2D eigenvalue weighted by Gasteiger charge is 2.46. The molecule has 22 heavy (non-hydrogen) atoms. The molecule has 4 nitrogen and oxygen atoms in total. The maximum absolute atomic E-state index is 13.6. The Morgan fingerprint density at radius 2 is 2.05 bits per heavy atom. The molecule has 7 heteroatoms. The molecule has 0 spiro atoms. The van der Waals surface area contributed by atoms with Gasteiger partial charge in [-0.15, -0.1) is 0 Å². The van der Waals surface area contributed by atoms with E-state index >= 15 is 0 Å². The topological polar surface area (TPSA) is 66.4 Å². The second-order valence-corrected chi connectivity index (χ2v) is 8.00. The van der Waals surface area contributed by atoms with Gasteiger partial charge < -0.3 is 5.11 Å². The van der Waals surface area contributed by atoms with E-state index in [0.717, 1.165) is 11.1 Å². The van der Waals surface area contributed by atoms with Gasteiger partial charge in [0.05, 0.1) is 17.9 Å². The van der Waals surface area contributed by atoms with Crippen LogP contribution < -0.4 is 4.72 Å². The molecule has 2 aliphatic carbocycles. The molecule has 122 valence electrons. The van der Waals surface area contributed by atoms with Gasteiger partial charge in [-0.2, -0.15) is 0 Å². The van der Waals surface area contributed by atoms with Gasteiger partial charge in [-0.05, 0) is 24.0 Å². The number of hydrogen-bond donors (Lipinski definition) is 2. The quantitative estimate of drug-likeness (QED) is 0.887. The van der Waals surface area contributed by atoms with Crippen molar-refractivity contribution >= 4 is 10.0 Å². The lowest BCUT2D eigenvalue weighted by molar-refractivity contribution is -0.0288. The lowest BCUT2D eigenvalue weighted by atomic mass is 10.1. The molecule has 0 saturated heterocycles. The molecule has 1 aromatic rings. The molecule has 0 aliphatic heterocycles. The fraction of sp³-hybridized carbons (Fsp3) is 0.600. The number of nitrogens with one attached hydrogen (secondary N) is 1. The first-order valence-corrected chi connectivity index (χ1v) is 9.07. The Morgan fingerprint density at radius 1 is 1.32 bits per heavy atom. The number of aliphatic hydroxyl groups excluding tert-OH is 1. The van der Waals surface area contributed by atoms with Crippen LogP contribution in [-0.4, -0.2) is 31.3 Å². The smallest absolute Gasteiger partial charge is 0.251 e. The maximum atomic E-state index is 13.6. The maximum Gasteiger partial charge on any atom is 0.251 e. The van der Waals surface area contributed by atoms with E-state index in [0.29, 0.717) is 12.8 Å². The first-order valence-electron chi connectivity index (χ1n) is 7.42. The lowest BCUT2D eigenvalue weighted by Crippen LogP contribution is -2.39. The van der Waals surface area contributed by atoms with Gasteiger partial charge in [-0.1, -0.05) is 24.3 Å². The molecule has 0 bridgehead atoms. The van der Waals surface area contributed by atoms with Crippen LogP contribution in [0.25, 0.3) is 0 Å². The van der Waals surface area contributed by atoms with Gasteiger partial charge in [0, 0.05) is 18.8 Å². The first kappa shape index (κ1) is 15.8. The van der Waals surface area contributed by atoms with Crippen LogP contribution in [0.5, 0.6) is 0 Å². The van der Waals surface area contributed by atoms with E-state index in [-0.39, 0.29) is 12.8 Å². The van der Waals surface area contributed by atoms with E-state index in [2.05, 4.69) is 4.72 Å². The number of rotatable bonds is 4.